The lowest BCUT2D eigenvalue weighted by Gasteiger charge is -2.61. The topological polar surface area (TPSA) is 227 Å². The lowest BCUT2D eigenvalue weighted by atomic mass is 9.44. The molecule has 7 amide bonds. The van der Waals surface area contributed by atoms with Gasteiger partial charge in [-0.05, 0) is 188 Å². The van der Waals surface area contributed by atoms with Gasteiger partial charge in [-0.15, -0.1) is 0 Å². The number of amides is 7. The standard InChI is InChI=1S/C60H99N7O10/c1-36(2)15-11-16-38(5)42-22-23-43-41-21-20-39-34-40(26-28-59(39,9)44(41)27-29-60(42,43)10)76-51(69)35-62-53(71)47-17-12-30-65(47)55(73)46(33-37(3)4)64-52(70)45(24-25-50(61)68)63-54(72)48-18-13-31-66(48)56(74)49-19-14-32-67(49)57(75)77-58(6,7)8/h36-49H,11-35H2,1-10H3,(H2,61,68)(H,62,71)(H,63,72)(H,64,70)/t38-,39?,40?,41+,42-,43+,44+,45+,46+,47+,48+,49+,59+,60-/m1/s1. The Balaban J connectivity index is 0.907. The van der Waals surface area contributed by atoms with Gasteiger partial charge in [0, 0.05) is 26.1 Å². The van der Waals surface area contributed by atoms with Gasteiger partial charge in [0.2, 0.25) is 35.4 Å². The van der Waals surface area contributed by atoms with Gasteiger partial charge in [0.15, 0.2) is 0 Å². The first-order chi connectivity index (χ1) is 36.3. The third-order valence-electron chi connectivity index (χ3n) is 20.0. The van der Waals surface area contributed by atoms with Gasteiger partial charge in [0.25, 0.3) is 0 Å². The van der Waals surface area contributed by atoms with Crippen LogP contribution in [0.4, 0.5) is 4.79 Å². The fraction of sp³-hybridized carbons (Fsp3) is 0.867. The first-order valence-electron chi connectivity index (χ1n) is 30.3. The van der Waals surface area contributed by atoms with Crippen molar-refractivity contribution in [1.29, 1.82) is 0 Å². The van der Waals surface area contributed by atoms with Crippen molar-refractivity contribution in [3.8, 4) is 0 Å². The van der Waals surface area contributed by atoms with Gasteiger partial charge in [0.1, 0.15) is 48.5 Å². The van der Waals surface area contributed by atoms with E-state index in [0.29, 0.717) is 56.4 Å². The number of nitrogens with zero attached hydrogens (tertiary/aromatic N) is 3. The number of hydrogen-bond donors (Lipinski definition) is 4. The molecule has 14 atom stereocenters. The third-order valence-corrected chi connectivity index (χ3v) is 20.0. The van der Waals surface area contributed by atoms with Crippen LogP contribution in [0.1, 0.15) is 204 Å². The lowest BCUT2D eigenvalue weighted by Crippen LogP contribution is -2.59. The van der Waals surface area contributed by atoms with E-state index in [4.69, 9.17) is 15.2 Å². The van der Waals surface area contributed by atoms with Crippen molar-refractivity contribution in [3.05, 3.63) is 0 Å². The fourth-order valence-electron chi connectivity index (χ4n) is 16.2. The predicted molar refractivity (Wildman–Crippen MR) is 293 cm³/mol. The van der Waals surface area contributed by atoms with Crippen molar-refractivity contribution in [3.63, 3.8) is 0 Å². The third kappa shape index (κ3) is 14.1. The zero-order valence-corrected chi connectivity index (χ0v) is 48.8. The van der Waals surface area contributed by atoms with Crippen LogP contribution in [0.3, 0.4) is 0 Å². The van der Waals surface area contributed by atoms with Gasteiger partial charge in [-0.2, -0.15) is 0 Å². The highest BCUT2D eigenvalue weighted by atomic mass is 16.6. The highest BCUT2D eigenvalue weighted by Crippen LogP contribution is 2.68. The maximum Gasteiger partial charge on any atom is 0.410 e. The summed E-state index contributed by atoms with van der Waals surface area (Å²) >= 11 is 0. The number of nitrogens with one attached hydrogen (secondary N) is 3. The Morgan fingerprint density at radius 3 is 1.96 bits per heavy atom. The van der Waals surface area contributed by atoms with Crippen molar-refractivity contribution >= 4 is 47.5 Å². The first kappa shape index (κ1) is 60.2. The summed E-state index contributed by atoms with van der Waals surface area (Å²) in [5, 5.41) is 8.37. The minimum atomic E-state index is -1.28. The van der Waals surface area contributed by atoms with Crippen LogP contribution >= 0.6 is 0 Å². The molecule has 4 saturated carbocycles. The van der Waals surface area contributed by atoms with E-state index in [2.05, 4.69) is 50.6 Å². The van der Waals surface area contributed by atoms with Gasteiger partial charge < -0.3 is 41.0 Å². The maximum atomic E-state index is 14.4. The molecule has 17 nitrogen and oxygen atoms in total. The Hall–Kier alpha value is -4.44. The number of carbonyl (C=O) groups is 8. The van der Waals surface area contributed by atoms with E-state index in [1.807, 2.05) is 13.8 Å². The summed E-state index contributed by atoms with van der Waals surface area (Å²) in [6, 6.07) is -4.95. The highest BCUT2D eigenvalue weighted by Gasteiger charge is 2.61. The Kier molecular flexibility index (Phi) is 19.8. The van der Waals surface area contributed by atoms with E-state index in [9.17, 15) is 38.4 Å². The van der Waals surface area contributed by atoms with Crippen molar-refractivity contribution in [2.75, 3.05) is 26.2 Å². The molecule has 434 valence electrons. The van der Waals surface area contributed by atoms with Crippen LogP contribution in [0, 0.1) is 58.2 Å². The van der Waals surface area contributed by atoms with Crippen LogP contribution in [0.2, 0.25) is 0 Å². The smallest absolute Gasteiger partial charge is 0.410 e. The molecular weight excluding hydrogens is 979 g/mol. The van der Waals surface area contributed by atoms with Gasteiger partial charge in [-0.1, -0.05) is 67.7 Å². The van der Waals surface area contributed by atoms with Crippen LogP contribution < -0.4 is 21.7 Å². The number of likely N-dealkylation sites (tertiary alicyclic amines) is 3. The normalized spacial score (nSPS) is 32.2. The quantitative estimate of drug-likeness (QED) is 0.0866. The van der Waals surface area contributed by atoms with Crippen LogP contribution in [0.5, 0.6) is 0 Å². The number of nitrogens with two attached hydrogens (primary N) is 1. The largest absolute Gasteiger partial charge is 0.461 e. The molecule has 7 fully saturated rings. The zero-order chi connectivity index (χ0) is 56.1. The molecule has 2 unspecified atom stereocenters. The second-order valence-corrected chi connectivity index (χ2v) is 27.3. The SMILES string of the molecule is CC(C)CCC[C@@H](C)[C@H]1CC[C@H]2[C@@H]3CCC4CC(OC(=O)CNC(=O)[C@@H]5CCCN5C(=O)[C@H](CC(C)C)NC(=O)[C@H](CCC(N)=O)NC(=O)[C@@H]5CCCN5C(=O)[C@@H]5CCCN5C(=O)OC(C)(C)C)CC[C@]4(C)[C@H]3CC[C@]12C. The molecular formula is C60H99N7O10. The highest BCUT2D eigenvalue weighted by molar-refractivity contribution is 5.97. The molecule has 4 aliphatic carbocycles. The average molecular weight is 1080 g/mol. The van der Waals surface area contributed by atoms with Gasteiger partial charge in [-0.25, -0.2) is 4.79 Å². The number of fused-ring (bicyclic) bond motifs is 5. The monoisotopic (exact) mass is 1080 g/mol. The lowest BCUT2D eigenvalue weighted by molar-refractivity contribution is -0.162. The molecule has 3 saturated heterocycles. The minimum absolute atomic E-state index is 0.0641. The summed E-state index contributed by atoms with van der Waals surface area (Å²) in [7, 11) is 0. The summed E-state index contributed by atoms with van der Waals surface area (Å²) in [6.07, 6.45) is 16.4. The first-order valence-corrected chi connectivity index (χ1v) is 30.3. The fourth-order valence-corrected chi connectivity index (χ4v) is 16.2. The molecule has 7 rings (SSSR count). The number of ether oxygens (including phenoxy) is 2. The molecule has 77 heavy (non-hydrogen) atoms. The number of rotatable bonds is 20. The minimum Gasteiger partial charge on any atom is -0.461 e. The van der Waals surface area contributed by atoms with E-state index < -0.39 is 77.4 Å². The average Bonchev–Trinajstić information content (AvgIpc) is 4.20. The van der Waals surface area contributed by atoms with E-state index in [-0.39, 0.29) is 62.2 Å². The van der Waals surface area contributed by atoms with Crippen LogP contribution in [-0.2, 0) is 43.0 Å². The molecule has 0 spiro atoms. The molecule has 0 aromatic heterocycles. The maximum absolute atomic E-state index is 14.4. The number of carbonyl (C=O) groups excluding carboxylic acids is 8. The molecule has 3 aliphatic heterocycles. The molecule has 0 aromatic rings. The van der Waals surface area contributed by atoms with Crippen molar-refractivity contribution in [1.82, 2.24) is 30.7 Å². The number of primary amides is 1. The molecule has 5 N–H and O–H groups in total. The second-order valence-electron chi connectivity index (χ2n) is 27.3. The van der Waals surface area contributed by atoms with Crippen molar-refractivity contribution in [2.24, 2.45) is 63.9 Å². The second kappa shape index (κ2) is 25.3. The van der Waals surface area contributed by atoms with Crippen molar-refractivity contribution < 1.29 is 47.8 Å². The zero-order valence-electron chi connectivity index (χ0n) is 48.8. The van der Waals surface area contributed by atoms with E-state index in [0.717, 1.165) is 54.8 Å². The Labute approximate surface area is 460 Å². The van der Waals surface area contributed by atoms with E-state index in [1.54, 1.807) is 20.8 Å². The summed E-state index contributed by atoms with van der Waals surface area (Å²) < 4.78 is 11.7. The molecule has 0 radical (unpaired) electrons. The predicted octanol–water partition coefficient (Wildman–Crippen LogP) is 7.80. The Bertz CT molecular complexity index is 2150. The Morgan fingerprint density at radius 1 is 0.662 bits per heavy atom. The summed E-state index contributed by atoms with van der Waals surface area (Å²) in [5.41, 5.74) is 5.45. The molecule has 17 heteroatoms. The van der Waals surface area contributed by atoms with Crippen LogP contribution in [0.15, 0.2) is 0 Å². The summed E-state index contributed by atoms with van der Waals surface area (Å²) in [6.45, 7) is 22.1. The molecule has 3 heterocycles. The van der Waals surface area contributed by atoms with E-state index >= 15 is 0 Å². The van der Waals surface area contributed by atoms with Crippen molar-refractivity contribution in [2.45, 2.75) is 246 Å². The summed E-state index contributed by atoms with van der Waals surface area (Å²) in [5.74, 6) is 1.37. The van der Waals surface area contributed by atoms with Gasteiger partial charge in [-0.3, -0.25) is 38.5 Å². The Morgan fingerprint density at radius 2 is 1.30 bits per heavy atom. The molecule has 0 aromatic carbocycles. The van der Waals surface area contributed by atoms with Gasteiger partial charge >= 0.3 is 12.1 Å². The summed E-state index contributed by atoms with van der Waals surface area (Å²) in [4.78, 5) is 113. The van der Waals surface area contributed by atoms with Crippen LogP contribution in [-0.4, -0.2) is 130 Å². The van der Waals surface area contributed by atoms with E-state index in [1.165, 1.54) is 72.5 Å². The number of hydrogen-bond acceptors (Lipinski definition) is 10. The number of esters is 1. The molecule has 7 aliphatic rings. The van der Waals surface area contributed by atoms with Crippen LogP contribution in [0.25, 0.3) is 0 Å². The molecule has 0 bridgehead atoms. The van der Waals surface area contributed by atoms with Gasteiger partial charge in [0.05, 0.1) is 0 Å².